The molecule has 0 saturated carbocycles. The van der Waals surface area contributed by atoms with Gasteiger partial charge in [0.05, 0.1) is 18.0 Å². The molecule has 0 aliphatic rings. The SMILES string of the molecule is C#CCC/C(O)=C(\C#N)C(=O)Cl.C#CCC/C(O)=C(\C#N)C(=O)Nc1ccccc1.C/C(O)=C(\C#N)C(=O)Nc1ccccc1.CC.CC.CC.CC.CCC.CCC.CCC.CCC.CC[O-].Cc1oncc1C(=O)Cl.Cc1oncc1C(=O)Nc1ccccc1.Nc1ccccc1.[Na+]. The largest absolute Gasteiger partial charge is 1.00 e. The van der Waals surface area contributed by atoms with Crippen LogP contribution in [0.4, 0.5) is 22.7 Å². The number of nitrogens with one attached hydrogen (secondary N) is 3. The number of aryl methyl sites for hydroxylation is 2. The van der Waals surface area contributed by atoms with E-state index in [0.29, 0.717) is 34.0 Å². The predicted octanol–water partition coefficient (Wildman–Crippen LogP) is 16.9. The summed E-state index contributed by atoms with van der Waals surface area (Å²) in [6.07, 6.45) is 18.4. The number of nitriles is 3. The fourth-order valence-corrected chi connectivity index (χ4v) is 5.34. The second-order valence-electron chi connectivity index (χ2n) is 17.5. The van der Waals surface area contributed by atoms with Crippen molar-refractivity contribution in [3.8, 4) is 42.9 Å². The van der Waals surface area contributed by atoms with Crippen molar-refractivity contribution in [2.24, 2.45) is 0 Å². The van der Waals surface area contributed by atoms with E-state index in [1.54, 1.807) is 87.5 Å². The number of nitrogens with zero attached hydrogens (tertiary/aromatic N) is 5. The van der Waals surface area contributed by atoms with Crippen molar-refractivity contribution in [3.63, 3.8) is 0 Å². The van der Waals surface area contributed by atoms with E-state index in [1.165, 1.54) is 51.1 Å². The Balaban J connectivity index is -0.000000116. The maximum absolute atomic E-state index is 11.7. The van der Waals surface area contributed by atoms with Crippen LogP contribution in [0.2, 0.25) is 0 Å². The summed E-state index contributed by atoms with van der Waals surface area (Å²) in [5.41, 5.74) is 7.83. The molecular weight excluding hydrogens is 1320 g/mol. The van der Waals surface area contributed by atoms with Crippen LogP contribution in [-0.2, 0) is 14.4 Å². The number of aliphatic hydroxyl groups is 3. The fraction of sp³-hybridized carbons (Fsp3) is 0.377. The third-order valence-corrected chi connectivity index (χ3v) is 9.18. The number of allylic oxidation sites excluding steroid dienone is 4. The zero-order chi connectivity index (χ0) is 78.4. The Kier molecular flexibility index (Phi) is 95.9. The molecule has 20 nitrogen and oxygen atoms in total. The summed E-state index contributed by atoms with van der Waals surface area (Å²) in [4.78, 5) is 55.7. The number of benzene rings is 4. The molecule has 2 aromatic heterocycles. The van der Waals surface area contributed by atoms with E-state index in [0.717, 1.165) is 11.4 Å². The number of amides is 3. The molecule has 0 radical (unpaired) electrons. The summed E-state index contributed by atoms with van der Waals surface area (Å²) in [6, 6.07) is 40.9. The Bertz CT molecular complexity index is 3260. The number of hydrogen-bond acceptors (Lipinski definition) is 17. The molecule has 0 saturated heterocycles. The quantitative estimate of drug-likeness (QED) is 0.0114. The Hall–Kier alpha value is -9.40. The van der Waals surface area contributed by atoms with E-state index in [1.807, 2.05) is 122 Å². The number of anilines is 4. The van der Waals surface area contributed by atoms with Crippen molar-refractivity contribution in [2.45, 2.75) is 190 Å². The average Bonchev–Trinajstić information content (AvgIpc) is 1.46. The minimum absolute atomic E-state index is 0. The van der Waals surface area contributed by atoms with Crippen molar-refractivity contribution in [3.05, 3.63) is 190 Å². The number of terminal acetylenes is 2. The van der Waals surface area contributed by atoms with Crippen LogP contribution in [0.5, 0.6) is 0 Å². The number of hydrogen-bond donors (Lipinski definition) is 7. The molecule has 8 N–H and O–H groups in total. The molecule has 2 heterocycles. The molecule has 4 aromatic carbocycles. The molecule has 544 valence electrons. The number of halogens is 2. The van der Waals surface area contributed by atoms with Crippen LogP contribution in [0, 0.1) is 72.5 Å². The summed E-state index contributed by atoms with van der Waals surface area (Å²) in [5, 5.41) is 75.6. The molecule has 6 rings (SSSR count). The van der Waals surface area contributed by atoms with Gasteiger partial charge in [-0.25, -0.2) is 0 Å². The number of aromatic nitrogens is 2. The summed E-state index contributed by atoms with van der Waals surface area (Å²) in [6.45, 7) is 39.2. The van der Waals surface area contributed by atoms with Crippen LogP contribution >= 0.6 is 23.2 Å². The Morgan fingerprint density at radius 3 is 1.00 bits per heavy atom. The van der Waals surface area contributed by atoms with E-state index in [4.69, 9.17) is 77.4 Å². The smallest absolute Gasteiger partial charge is 0.855 e. The normalized spacial score (nSPS) is 9.02. The number of rotatable bonds is 12. The van der Waals surface area contributed by atoms with Gasteiger partial charge in [-0.2, -0.15) is 15.8 Å². The molecular formula is C77H110Cl2N9NaO11. The maximum Gasteiger partial charge on any atom is 1.00 e. The van der Waals surface area contributed by atoms with E-state index in [-0.39, 0.29) is 96.2 Å². The molecule has 100 heavy (non-hydrogen) atoms. The monoisotopic (exact) mass is 1430 g/mol. The van der Waals surface area contributed by atoms with Crippen LogP contribution in [0.15, 0.2) is 177 Å². The first kappa shape index (κ1) is 112. The Labute approximate surface area is 630 Å². The van der Waals surface area contributed by atoms with Crippen LogP contribution in [0.3, 0.4) is 0 Å². The molecule has 0 fully saturated rings. The summed E-state index contributed by atoms with van der Waals surface area (Å²) < 4.78 is 9.38. The van der Waals surface area contributed by atoms with Gasteiger partial charge in [-0.3, -0.25) is 24.0 Å². The van der Waals surface area contributed by atoms with Crippen molar-refractivity contribution < 1.29 is 83.0 Å². The van der Waals surface area contributed by atoms with Gasteiger partial charge in [-0.05, 0) is 92.5 Å². The first-order valence-corrected chi connectivity index (χ1v) is 33.2. The van der Waals surface area contributed by atoms with Gasteiger partial charge >= 0.3 is 29.6 Å². The molecule has 0 unspecified atom stereocenters. The van der Waals surface area contributed by atoms with Gasteiger partial charge in [0.2, 0.25) is 0 Å². The van der Waals surface area contributed by atoms with Gasteiger partial charge in [0.25, 0.3) is 28.2 Å². The molecule has 0 spiro atoms. The van der Waals surface area contributed by atoms with Crippen molar-refractivity contribution in [2.75, 3.05) is 28.3 Å². The summed E-state index contributed by atoms with van der Waals surface area (Å²) in [5.74, 6) is 3.18. The number of nitrogens with two attached hydrogens (primary N) is 1. The van der Waals surface area contributed by atoms with Crippen molar-refractivity contribution in [1.29, 1.82) is 15.8 Å². The number of carbonyl (C=O) groups excluding carboxylic acids is 5. The van der Waals surface area contributed by atoms with E-state index < -0.39 is 27.9 Å². The first-order chi connectivity index (χ1) is 47.4. The van der Waals surface area contributed by atoms with Gasteiger partial charge in [0.1, 0.15) is 58.1 Å². The summed E-state index contributed by atoms with van der Waals surface area (Å²) in [7, 11) is 0. The molecule has 0 bridgehead atoms. The number of carbonyl (C=O) groups is 5. The van der Waals surface area contributed by atoms with E-state index in [2.05, 4.69) is 98.0 Å². The number of aliphatic hydroxyl groups excluding tert-OH is 3. The molecule has 0 aliphatic heterocycles. The third-order valence-electron chi connectivity index (χ3n) is 8.79. The van der Waals surface area contributed by atoms with Gasteiger partial charge in [0.15, 0.2) is 11.1 Å². The topological polar surface area (TPSA) is 355 Å². The number of para-hydroxylation sites is 4. The molecule has 0 atom stereocenters. The van der Waals surface area contributed by atoms with E-state index in [9.17, 15) is 29.1 Å². The van der Waals surface area contributed by atoms with Crippen LogP contribution in [0.25, 0.3) is 0 Å². The van der Waals surface area contributed by atoms with Gasteiger partial charge in [-0.1, -0.05) is 226 Å². The maximum atomic E-state index is 11.7. The predicted molar refractivity (Wildman–Crippen MR) is 406 cm³/mol. The van der Waals surface area contributed by atoms with Crippen molar-refractivity contribution in [1.82, 2.24) is 10.3 Å². The zero-order valence-corrected chi connectivity index (χ0v) is 66.4. The van der Waals surface area contributed by atoms with Crippen molar-refractivity contribution >= 4 is 74.2 Å². The van der Waals surface area contributed by atoms with Gasteiger partial charge < -0.3 is 51.2 Å². The molecule has 3 amide bonds. The summed E-state index contributed by atoms with van der Waals surface area (Å²) >= 11 is 10.1. The van der Waals surface area contributed by atoms with Gasteiger partial charge in [0, 0.05) is 48.4 Å². The van der Waals surface area contributed by atoms with E-state index >= 15 is 0 Å². The second-order valence-corrected chi connectivity index (χ2v) is 18.2. The van der Waals surface area contributed by atoms with Crippen LogP contribution < -0.4 is 56.3 Å². The fourth-order valence-electron chi connectivity index (χ4n) is 5.00. The minimum Gasteiger partial charge on any atom is -0.855 e. The molecule has 23 heteroatoms. The number of nitrogen functional groups attached to an aromatic ring is 1. The molecule has 6 aromatic rings. The van der Waals surface area contributed by atoms with Crippen LogP contribution in [-0.4, -0.2) is 60.4 Å². The molecule has 0 aliphatic carbocycles. The standard InChI is InChI=1S/C14H12N2O2.2C11H10N2O2.C8H6ClNO2.C6H7N.C5H4ClNO2.4C3H8.C2H5O.4C2H6.Na/c1-2-3-9-13(17)12(10-15)14(18)16-11-7-5-4-6-8-11;1-8-10(7-12-15-8)11(14)13-9-5-3-2-4-6-9;1-8(14)10(7-12)11(15)13-9-5-3-2-4-6-9;1-2-3-4-7(11)6(5-10)8(9)12;7-6-4-2-1-3-5-6;1-3-4(5(6)8)2-7-9-3;4*1-3-2;1-2-3;4*1-2;/h1,4-8,17H,3,9H2,(H,16,18);2-7H,1H3,(H,13,14);2-6,14H,1H3,(H,13,15);1,11H,3-4H2;1-5H,7H2;2H,1H3;4*3H2,1-2H3;2H2,1H3;4*1-2H3;/q;;;;;;;;;;-1;;;;;+1/b13-12-;;10-8-;7-6-;;;;;;;;;;;;. The average molecular weight is 1430 g/mol. The third kappa shape index (κ3) is 67.2. The second kappa shape index (κ2) is 85.7. The first-order valence-electron chi connectivity index (χ1n) is 32.4. The minimum atomic E-state index is -0.966. The van der Waals surface area contributed by atoms with Crippen LogP contribution in [0.1, 0.15) is 208 Å². The Morgan fingerprint density at radius 2 is 0.780 bits per heavy atom. The van der Waals surface area contributed by atoms with Gasteiger partial charge in [-0.15, -0.1) is 31.3 Å². The Morgan fingerprint density at radius 1 is 0.510 bits per heavy atom. The zero-order valence-electron chi connectivity index (χ0n) is 62.9.